The number of carbonyl (C=O) groups is 3. The number of esters is 1. The van der Waals surface area contributed by atoms with Crippen LogP contribution in [-0.4, -0.2) is 30.4 Å². The number of halogens is 2. The Bertz CT molecular complexity index is 636. The SMILES string of the molecule is C[C@H](NC(=O)COC(=O)[C@H]1CCC(=O)N1)c1ccc(Cl)cc1Cl. The van der Waals surface area contributed by atoms with Gasteiger partial charge in [0.25, 0.3) is 5.91 Å². The molecular formula is C15H16Cl2N2O4. The first-order valence-electron chi connectivity index (χ1n) is 7.07. The van der Waals surface area contributed by atoms with E-state index in [1.165, 1.54) is 0 Å². The van der Waals surface area contributed by atoms with Crippen molar-refractivity contribution in [3.05, 3.63) is 33.8 Å². The predicted molar refractivity (Wildman–Crippen MR) is 85.1 cm³/mol. The normalized spacial score (nSPS) is 18.2. The highest BCUT2D eigenvalue weighted by atomic mass is 35.5. The van der Waals surface area contributed by atoms with Crippen molar-refractivity contribution in [2.45, 2.75) is 31.8 Å². The molecule has 0 unspecified atom stereocenters. The monoisotopic (exact) mass is 358 g/mol. The Labute approximate surface area is 143 Å². The molecule has 1 aliphatic heterocycles. The number of hydrogen-bond acceptors (Lipinski definition) is 4. The molecule has 1 aromatic rings. The van der Waals surface area contributed by atoms with E-state index in [4.69, 9.17) is 27.9 Å². The lowest BCUT2D eigenvalue weighted by Gasteiger charge is -2.16. The zero-order chi connectivity index (χ0) is 17.0. The first kappa shape index (κ1) is 17.6. The van der Waals surface area contributed by atoms with Gasteiger partial charge >= 0.3 is 5.97 Å². The summed E-state index contributed by atoms with van der Waals surface area (Å²) in [6, 6.07) is 3.95. The Morgan fingerprint density at radius 3 is 2.78 bits per heavy atom. The van der Waals surface area contributed by atoms with Crippen molar-refractivity contribution in [3.63, 3.8) is 0 Å². The lowest BCUT2D eigenvalue weighted by Crippen LogP contribution is -2.37. The molecule has 0 aromatic heterocycles. The molecular weight excluding hydrogens is 343 g/mol. The highest BCUT2D eigenvalue weighted by Crippen LogP contribution is 2.25. The van der Waals surface area contributed by atoms with Gasteiger partial charge in [0.2, 0.25) is 5.91 Å². The Kier molecular flexibility index (Phi) is 5.85. The second kappa shape index (κ2) is 7.66. The maximum absolute atomic E-state index is 11.8. The number of hydrogen-bond donors (Lipinski definition) is 2. The molecule has 1 aromatic carbocycles. The third-order valence-corrected chi connectivity index (χ3v) is 3.99. The van der Waals surface area contributed by atoms with E-state index in [0.29, 0.717) is 22.0 Å². The molecule has 0 aliphatic carbocycles. The second-order valence-electron chi connectivity index (χ2n) is 5.22. The Morgan fingerprint density at radius 2 is 2.17 bits per heavy atom. The molecule has 2 rings (SSSR count). The van der Waals surface area contributed by atoms with Gasteiger partial charge < -0.3 is 15.4 Å². The fourth-order valence-electron chi connectivity index (χ4n) is 2.24. The van der Waals surface area contributed by atoms with Gasteiger partial charge in [-0.25, -0.2) is 4.79 Å². The van der Waals surface area contributed by atoms with Crippen LogP contribution in [0.2, 0.25) is 10.0 Å². The fourth-order valence-corrected chi connectivity index (χ4v) is 2.81. The van der Waals surface area contributed by atoms with Crippen LogP contribution in [0.1, 0.15) is 31.4 Å². The van der Waals surface area contributed by atoms with Gasteiger partial charge in [0, 0.05) is 16.5 Å². The summed E-state index contributed by atoms with van der Waals surface area (Å²) in [4.78, 5) is 34.6. The maximum Gasteiger partial charge on any atom is 0.329 e. The number of carbonyl (C=O) groups excluding carboxylic acids is 3. The quantitative estimate of drug-likeness (QED) is 0.788. The summed E-state index contributed by atoms with van der Waals surface area (Å²) >= 11 is 11.9. The lowest BCUT2D eigenvalue weighted by molar-refractivity contribution is -0.150. The van der Waals surface area contributed by atoms with E-state index in [2.05, 4.69) is 10.6 Å². The first-order chi connectivity index (χ1) is 10.9. The van der Waals surface area contributed by atoms with E-state index < -0.39 is 24.5 Å². The molecule has 1 aliphatic rings. The van der Waals surface area contributed by atoms with E-state index in [0.717, 1.165) is 0 Å². The molecule has 0 spiro atoms. The minimum Gasteiger partial charge on any atom is -0.454 e. The van der Waals surface area contributed by atoms with Crippen LogP contribution in [0.4, 0.5) is 0 Å². The number of amides is 2. The van der Waals surface area contributed by atoms with Crippen molar-refractivity contribution in [3.8, 4) is 0 Å². The molecule has 0 saturated carbocycles. The summed E-state index contributed by atoms with van der Waals surface area (Å²) in [6.45, 7) is 1.34. The molecule has 23 heavy (non-hydrogen) atoms. The van der Waals surface area contributed by atoms with Crippen LogP contribution >= 0.6 is 23.2 Å². The standard InChI is InChI=1S/C15H16Cl2N2O4/c1-8(10-3-2-9(16)6-11(10)17)18-14(21)7-23-15(22)12-4-5-13(20)19-12/h2-3,6,8,12H,4-5,7H2,1H3,(H,18,21)(H,19,20)/t8-,12+/m0/s1. The minimum atomic E-state index is -0.668. The van der Waals surface area contributed by atoms with E-state index in [-0.39, 0.29) is 18.4 Å². The van der Waals surface area contributed by atoms with Crippen LogP contribution in [0.25, 0.3) is 0 Å². The van der Waals surface area contributed by atoms with E-state index in [1.54, 1.807) is 25.1 Å². The molecule has 1 heterocycles. The third-order valence-electron chi connectivity index (χ3n) is 3.43. The van der Waals surface area contributed by atoms with Crippen molar-refractivity contribution < 1.29 is 19.1 Å². The summed E-state index contributed by atoms with van der Waals surface area (Å²) < 4.78 is 4.90. The second-order valence-corrected chi connectivity index (χ2v) is 6.07. The van der Waals surface area contributed by atoms with Gasteiger partial charge in [-0.1, -0.05) is 29.3 Å². The number of ether oxygens (including phenoxy) is 1. The highest BCUT2D eigenvalue weighted by Gasteiger charge is 2.28. The summed E-state index contributed by atoms with van der Waals surface area (Å²) in [5.41, 5.74) is 0.707. The summed E-state index contributed by atoms with van der Waals surface area (Å²) in [5.74, 6) is -1.26. The lowest BCUT2D eigenvalue weighted by atomic mass is 10.1. The van der Waals surface area contributed by atoms with Gasteiger partial charge in [-0.3, -0.25) is 9.59 Å². The van der Waals surface area contributed by atoms with Crippen molar-refractivity contribution in [2.24, 2.45) is 0 Å². The van der Waals surface area contributed by atoms with Crippen molar-refractivity contribution in [1.29, 1.82) is 0 Å². The first-order valence-corrected chi connectivity index (χ1v) is 7.82. The third kappa shape index (κ3) is 4.84. The van der Waals surface area contributed by atoms with Crippen LogP contribution in [0.15, 0.2) is 18.2 Å². The average molecular weight is 359 g/mol. The van der Waals surface area contributed by atoms with E-state index in [1.807, 2.05) is 0 Å². The van der Waals surface area contributed by atoms with Gasteiger partial charge in [-0.05, 0) is 31.0 Å². The molecule has 8 heteroatoms. The van der Waals surface area contributed by atoms with Crippen LogP contribution in [-0.2, 0) is 19.1 Å². The predicted octanol–water partition coefficient (Wildman–Crippen LogP) is 1.99. The molecule has 1 fully saturated rings. The minimum absolute atomic E-state index is 0.192. The zero-order valence-corrected chi connectivity index (χ0v) is 13.9. The molecule has 0 bridgehead atoms. The van der Waals surface area contributed by atoms with Crippen molar-refractivity contribution in [1.82, 2.24) is 10.6 Å². The van der Waals surface area contributed by atoms with E-state index >= 15 is 0 Å². The summed E-state index contributed by atoms with van der Waals surface area (Å²) in [5, 5.41) is 6.11. The van der Waals surface area contributed by atoms with Crippen LogP contribution < -0.4 is 10.6 Å². The molecule has 124 valence electrons. The van der Waals surface area contributed by atoms with Crippen LogP contribution in [0.5, 0.6) is 0 Å². The van der Waals surface area contributed by atoms with E-state index in [9.17, 15) is 14.4 Å². The molecule has 0 radical (unpaired) electrons. The molecule has 2 atom stereocenters. The van der Waals surface area contributed by atoms with Crippen molar-refractivity contribution >= 4 is 41.0 Å². The number of rotatable bonds is 5. The summed E-state index contributed by atoms with van der Waals surface area (Å²) in [6.07, 6.45) is 0.675. The smallest absolute Gasteiger partial charge is 0.329 e. The molecule has 2 N–H and O–H groups in total. The molecule has 1 saturated heterocycles. The number of benzene rings is 1. The van der Waals surface area contributed by atoms with Gasteiger partial charge in [-0.2, -0.15) is 0 Å². The van der Waals surface area contributed by atoms with Crippen LogP contribution in [0, 0.1) is 0 Å². The number of nitrogens with one attached hydrogen (secondary N) is 2. The largest absolute Gasteiger partial charge is 0.454 e. The van der Waals surface area contributed by atoms with Gasteiger partial charge in [0.15, 0.2) is 6.61 Å². The van der Waals surface area contributed by atoms with Gasteiger partial charge in [0.1, 0.15) is 6.04 Å². The van der Waals surface area contributed by atoms with Crippen molar-refractivity contribution in [2.75, 3.05) is 6.61 Å². The topological polar surface area (TPSA) is 84.5 Å². The zero-order valence-electron chi connectivity index (χ0n) is 12.4. The fraction of sp³-hybridized carbons (Fsp3) is 0.400. The molecule has 6 nitrogen and oxygen atoms in total. The molecule has 2 amide bonds. The maximum atomic E-state index is 11.8. The van der Waals surface area contributed by atoms with Gasteiger partial charge in [-0.15, -0.1) is 0 Å². The Morgan fingerprint density at radius 1 is 1.43 bits per heavy atom. The van der Waals surface area contributed by atoms with Gasteiger partial charge in [0.05, 0.1) is 6.04 Å². The van der Waals surface area contributed by atoms with Crippen LogP contribution in [0.3, 0.4) is 0 Å². The summed E-state index contributed by atoms with van der Waals surface area (Å²) in [7, 11) is 0. The highest BCUT2D eigenvalue weighted by molar-refractivity contribution is 6.35. The average Bonchev–Trinajstić information content (AvgIpc) is 2.91. The Hall–Kier alpha value is -1.79. The Balaban J connectivity index is 1.82.